The number of ether oxygens (including phenoxy) is 1. The minimum atomic E-state index is -1.34. The minimum Gasteiger partial charge on any atom is -0.463 e. The molecule has 1 aliphatic heterocycles. The molecular formula is C17H18N4O3S. The standard InChI is InChI=1S/C17H18N4O3S/c1-4-24-15(22)10-14(25(3)23)11-5-6-13-12(9-11)20-16-17(21(13)2)19-8-7-18-16/h5-10H,4H2,1-3H3,(H,18,20)/b14-10+. The minimum absolute atomic E-state index is 0.269. The Labute approximate surface area is 148 Å². The van der Waals surface area contributed by atoms with Gasteiger partial charge in [0.15, 0.2) is 11.6 Å². The van der Waals surface area contributed by atoms with Crippen LogP contribution >= 0.6 is 0 Å². The summed E-state index contributed by atoms with van der Waals surface area (Å²) in [5.41, 5.74) is 2.39. The average molecular weight is 358 g/mol. The van der Waals surface area contributed by atoms with Crippen molar-refractivity contribution in [3.8, 4) is 0 Å². The van der Waals surface area contributed by atoms with Crippen LogP contribution in [0, 0.1) is 0 Å². The number of carbonyl (C=O) groups is 1. The van der Waals surface area contributed by atoms with Crippen LogP contribution < -0.4 is 10.2 Å². The van der Waals surface area contributed by atoms with Crippen LogP contribution in [0.2, 0.25) is 0 Å². The third-order valence-corrected chi connectivity index (χ3v) is 4.71. The van der Waals surface area contributed by atoms with Crippen molar-refractivity contribution in [1.29, 1.82) is 0 Å². The maximum atomic E-state index is 12.1. The van der Waals surface area contributed by atoms with Crippen LogP contribution in [0.1, 0.15) is 12.5 Å². The van der Waals surface area contributed by atoms with Gasteiger partial charge in [0.05, 0.1) is 33.7 Å². The maximum absolute atomic E-state index is 12.1. The van der Waals surface area contributed by atoms with Crippen LogP contribution in [-0.4, -0.2) is 40.1 Å². The van der Waals surface area contributed by atoms with E-state index in [9.17, 15) is 9.00 Å². The van der Waals surface area contributed by atoms with Crippen molar-refractivity contribution in [1.82, 2.24) is 9.97 Å². The van der Waals surface area contributed by atoms with Crippen LogP contribution in [0.4, 0.5) is 23.0 Å². The molecule has 0 saturated carbocycles. The molecule has 0 radical (unpaired) electrons. The molecule has 3 rings (SSSR count). The molecule has 130 valence electrons. The first kappa shape index (κ1) is 17.1. The van der Waals surface area contributed by atoms with Crippen LogP contribution in [0.3, 0.4) is 0 Å². The Hall–Kier alpha value is -2.74. The Morgan fingerprint density at radius 3 is 2.84 bits per heavy atom. The van der Waals surface area contributed by atoms with Gasteiger partial charge in [-0.2, -0.15) is 0 Å². The summed E-state index contributed by atoms with van der Waals surface area (Å²) in [6, 6.07) is 5.56. The summed E-state index contributed by atoms with van der Waals surface area (Å²) < 4.78 is 17.0. The van der Waals surface area contributed by atoms with Crippen molar-refractivity contribution in [2.24, 2.45) is 0 Å². The largest absolute Gasteiger partial charge is 0.463 e. The zero-order valence-corrected chi connectivity index (χ0v) is 15.0. The molecule has 25 heavy (non-hydrogen) atoms. The number of hydrogen-bond acceptors (Lipinski definition) is 7. The Morgan fingerprint density at radius 2 is 2.12 bits per heavy atom. The van der Waals surface area contributed by atoms with Gasteiger partial charge >= 0.3 is 5.97 Å². The quantitative estimate of drug-likeness (QED) is 0.664. The van der Waals surface area contributed by atoms with Crippen LogP contribution in [0.15, 0.2) is 36.7 Å². The predicted octanol–water partition coefficient (Wildman–Crippen LogP) is 2.58. The molecule has 0 fully saturated rings. The average Bonchev–Trinajstić information content (AvgIpc) is 2.59. The highest BCUT2D eigenvalue weighted by molar-refractivity contribution is 7.93. The zero-order chi connectivity index (χ0) is 18.0. The van der Waals surface area contributed by atoms with E-state index in [4.69, 9.17) is 4.74 Å². The monoisotopic (exact) mass is 358 g/mol. The van der Waals surface area contributed by atoms with Crippen molar-refractivity contribution in [2.45, 2.75) is 6.92 Å². The molecule has 1 aromatic heterocycles. The SMILES string of the molecule is CCOC(=O)/C=C(\c1ccc2c(c1)Nc1nccnc1N2C)S(C)=O. The lowest BCUT2D eigenvalue weighted by atomic mass is 10.1. The van der Waals surface area contributed by atoms with E-state index in [2.05, 4.69) is 15.3 Å². The van der Waals surface area contributed by atoms with E-state index >= 15 is 0 Å². The summed E-state index contributed by atoms with van der Waals surface area (Å²) >= 11 is 0. The van der Waals surface area contributed by atoms with Crippen LogP contribution in [0.25, 0.3) is 4.91 Å². The van der Waals surface area contributed by atoms with E-state index in [0.29, 0.717) is 16.3 Å². The van der Waals surface area contributed by atoms with E-state index < -0.39 is 16.8 Å². The van der Waals surface area contributed by atoms with Gasteiger partial charge in [-0.05, 0) is 24.6 Å². The lowest BCUT2D eigenvalue weighted by Gasteiger charge is -2.29. The van der Waals surface area contributed by atoms with Crippen LogP contribution in [-0.2, 0) is 20.3 Å². The van der Waals surface area contributed by atoms with Crippen molar-refractivity contribution in [3.05, 3.63) is 42.2 Å². The van der Waals surface area contributed by atoms with E-state index in [0.717, 1.165) is 17.2 Å². The topological polar surface area (TPSA) is 84.4 Å². The molecule has 7 nitrogen and oxygen atoms in total. The van der Waals surface area contributed by atoms with Gasteiger partial charge in [-0.3, -0.25) is 4.21 Å². The van der Waals surface area contributed by atoms with Gasteiger partial charge in [0.25, 0.3) is 0 Å². The van der Waals surface area contributed by atoms with Crippen molar-refractivity contribution < 1.29 is 13.7 Å². The smallest absolute Gasteiger partial charge is 0.331 e. The Morgan fingerprint density at radius 1 is 1.36 bits per heavy atom. The van der Waals surface area contributed by atoms with E-state index in [1.54, 1.807) is 19.3 Å². The predicted molar refractivity (Wildman–Crippen MR) is 98.5 cm³/mol. The van der Waals surface area contributed by atoms with E-state index in [-0.39, 0.29) is 6.61 Å². The molecule has 1 unspecified atom stereocenters. The summed E-state index contributed by atoms with van der Waals surface area (Å²) in [4.78, 5) is 22.7. The number of benzene rings is 1. The second kappa shape index (κ2) is 7.02. The first-order valence-corrected chi connectivity index (χ1v) is 9.25. The molecule has 0 bridgehead atoms. The third-order valence-electron chi connectivity index (χ3n) is 3.74. The highest BCUT2D eigenvalue weighted by Crippen LogP contribution is 2.41. The van der Waals surface area contributed by atoms with Gasteiger partial charge in [0.2, 0.25) is 0 Å². The molecule has 0 saturated heterocycles. The van der Waals surface area contributed by atoms with Gasteiger partial charge in [0.1, 0.15) is 0 Å². The fraction of sp³-hybridized carbons (Fsp3) is 0.235. The number of rotatable bonds is 4. The maximum Gasteiger partial charge on any atom is 0.331 e. The zero-order valence-electron chi connectivity index (χ0n) is 14.1. The van der Waals surface area contributed by atoms with Crippen molar-refractivity contribution in [2.75, 3.05) is 30.1 Å². The number of nitrogens with zero attached hydrogens (tertiary/aromatic N) is 3. The molecule has 1 N–H and O–H groups in total. The first-order chi connectivity index (χ1) is 12.0. The highest BCUT2D eigenvalue weighted by Gasteiger charge is 2.22. The Kier molecular flexibility index (Phi) is 4.80. The van der Waals surface area contributed by atoms with Gasteiger partial charge in [-0.25, -0.2) is 14.8 Å². The second-order valence-electron chi connectivity index (χ2n) is 5.36. The van der Waals surface area contributed by atoms with Gasteiger partial charge in [-0.15, -0.1) is 0 Å². The van der Waals surface area contributed by atoms with Crippen molar-refractivity contribution in [3.63, 3.8) is 0 Å². The number of hydrogen-bond donors (Lipinski definition) is 1. The summed E-state index contributed by atoms with van der Waals surface area (Å²) in [5, 5.41) is 3.23. The third kappa shape index (κ3) is 3.39. The molecular weight excluding hydrogens is 340 g/mol. The molecule has 0 aliphatic carbocycles. The van der Waals surface area contributed by atoms with Gasteiger partial charge in [0, 0.05) is 31.8 Å². The fourth-order valence-corrected chi connectivity index (χ4v) is 3.33. The number of anilines is 4. The van der Waals surface area contributed by atoms with Gasteiger partial charge < -0.3 is 15.0 Å². The number of nitrogens with one attached hydrogen (secondary N) is 1. The van der Waals surface area contributed by atoms with Crippen molar-refractivity contribution >= 4 is 44.7 Å². The second-order valence-corrected chi connectivity index (χ2v) is 6.71. The lowest BCUT2D eigenvalue weighted by molar-refractivity contribution is -0.137. The summed E-state index contributed by atoms with van der Waals surface area (Å²) in [6.07, 6.45) is 6.06. The molecule has 2 heterocycles. The Balaban J connectivity index is 2.01. The first-order valence-electron chi connectivity index (χ1n) is 7.69. The van der Waals surface area contributed by atoms with Gasteiger partial charge in [-0.1, -0.05) is 6.07 Å². The molecule has 0 amide bonds. The number of fused-ring (bicyclic) bond motifs is 2. The fourth-order valence-electron chi connectivity index (χ4n) is 2.61. The molecule has 8 heteroatoms. The molecule has 2 aromatic rings. The number of aromatic nitrogens is 2. The van der Waals surface area contributed by atoms with E-state index in [1.165, 1.54) is 12.3 Å². The lowest BCUT2D eigenvalue weighted by Crippen LogP contribution is -2.20. The Bertz CT molecular complexity index is 882. The highest BCUT2D eigenvalue weighted by atomic mass is 32.2. The summed E-state index contributed by atoms with van der Waals surface area (Å²) in [6.45, 7) is 2.00. The number of esters is 1. The number of carbonyl (C=O) groups excluding carboxylic acids is 1. The molecule has 1 aromatic carbocycles. The molecule has 1 aliphatic rings. The normalized spacial score (nSPS) is 14.2. The molecule has 1 atom stereocenters. The summed E-state index contributed by atoms with van der Waals surface area (Å²) in [5.74, 6) is 0.860. The summed E-state index contributed by atoms with van der Waals surface area (Å²) in [7, 11) is 0.561. The van der Waals surface area contributed by atoms with Crippen LogP contribution in [0.5, 0.6) is 0 Å². The van der Waals surface area contributed by atoms with E-state index in [1.807, 2.05) is 30.1 Å². The molecule has 0 spiro atoms.